The zero-order chi connectivity index (χ0) is 71.8. The Labute approximate surface area is 598 Å². The van der Waals surface area contributed by atoms with Crippen LogP contribution in [0.15, 0.2) is 36.5 Å². The topological polar surface area (TPSA) is 237 Å². The van der Waals surface area contributed by atoms with E-state index in [1.54, 1.807) is 0 Å². The fourth-order valence-electron chi connectivity index (χ4n) is 11.4. The number of carbonyl (C=O) groups is 4. The maximum Gasteiger partial charge on any atom is 0.472 e. The number of carbonyl (C=O) groups excluding carboxylic acids is 4. The largest absolute Gasteiger partial charge is 0.472 e. The van der Waals surface area contributed by atoms with Gasteiger partial charge in [0.2, 0.25) is 0 Å². The number of allylic oxidation sites excluding steroid dienone is 6. The van der Waals surface area contributed by atoms with Crippen molar-refractivity contribution in [1.82, 2.24) is 0 Å². The van der Waals surface area contributed by atoms with Gasteiger partial charge in [0, 0.05) is 25.7 Å². The summed E-state index contributed by atoms with van der Waals surface area (Å²) in [6, 6.07) is 0. The molecule has 576 valence electrons. The maximum absolute atomic E-state index is 13.1. The molecule has 0 aromatic heterocycles. The van der Waals surface area contributed by atoms with Gasteiger partial charge in [0.05, 0.1) is 26.4 Å². The standard InChI is InChI=1S/C79H148O17P2/c1-5-9-13-17-21-25-29-33-36-40-43-47-51-55-59-63-76(81)89-69-74(95-78(83)65-61-57-53-49-45-39-32-28-24-20-16-12-8-4)71-93-97(85,86)91-67-73(80)68-92-98(87,88)94-72-75(96-79(84)66-62-58-54-50-46-42-38-35-31-27-23-19-15-11-7-3)70-90-77(82)64-60-56-52-48-44-41-37-34-30-26-22-18-14-10-6-2/h26,30,33,35-36,38,73-75,80H,5-25,27-29,31-32,34,37,39-72H2,1-4H3,(H,85,86)(H,87,88)/b30-26-,36-33-,38-35-/t73-,74-,75-/m1/s1. The third kappa shape index (κ3) is 71.7. The summed E-state index contributed by atoms with van der Waals surface area (Å²) in [7, 11) is -9.93. The van der Waals surface area contributed by atoms with Crippen molar-refractivity contribution in [3.63, 3.8) is 0 Å². The molecule has 5 atom stereocenters. The van der Waals surface area contributed by atoms with Crippen molar-refractivity contribution >= 4 is 39.5 Å². The molecule has 19 heteroatoms. The first-order chi connectivity index (χ1) is 47.7. The second kappa shape index (κ2) is 72.6. The molecular formula is C79H148O17P2. The first-order valence-corrected chi connectivity index (χ1v) is 43.2. The molecule has 0 rings (SSSR count). The van der Waals surface area contributed by atoms with E-state index in [2.05, 4.69) is 64.2 Å². The van der Waals surface area contributed by atoms with Crippen LogP contribution in [0.5, 0.6) is 0 Å². The van der Waals surface area contributed by atoms with Gasteiger partial charge >= 0.3 is 39.5 Å². The lowest BCUT2D eigenvalue weighted by Crippen LogP contribution is -2.30. The third-order valence-corrected chi connectivity index (χ3v) is 19.5. The minimum absolute atomic E-state index is 0.0907. The highest BCUT2D eigenvalue weighted by Gasteiger charge is 2.30. The summed E-state index contributed by atoms with van der Waals surface area (Å²) in [6.07, 6.45) is 68.3. The molecule has 0 fully saturated rings. The van der Waals surface area contributed by atoms with Gasteiger partial charge < -0.3 is 33.8 Å². The zero-order valence-electron chi connectivity index (χ0n) is 63.0. The van der Waals surface area contributed by atoms with Crippen LogP contribution in [0.1, 0.15) is 387 Å². The van der Waals surface area contributed by atoms with E-state index in [1.807, 2.05) is 0 Å². The number of aliphatic hydroxyl groups is 1. The molecule has 0 aliphatic carbocycles. The van der Waals surface area contributed by atoms with Crippen LogP contribution in [-0.2, 0) is 65.4 Å². The highest BCUT2D eigenvalue weighted by atomic mass is 31.2. The fraction of sp³-hybridized carbons (Fsp3) is 0.873. The molecule has 3 N–H and O–H groups in total. The highest BCUT2D eigenvalue weighted by molar-refractivity contribution is 7.47. The number of aliphatic hydroxyl groups excluding tert-OH is 1. The van der Waals surface area contributed by atoms with Crippen LogP contribution >= 0.6 is 15.6 Å². The average molecular weight is 1430 g/mol. The lowest BCUT2D eigenvalue weighted by atomic mass is 10.0. The van der Waals surface area contributed by atoms with Gasteiger partial charge in [0.1, 0.15) is 19.3 Å². The van der Waals surface area contributed by atoms with Crippen molar-refractivity contribution in [3.05, 3.63) is 36.5 Å². The van der Waals surface area contributed by atoms with Crippen LogP contribution in [0.2, 0.25) is 0 Å². The quantitative estimate of drug-likeness (QED) is 0.0169. The first-order valence-electron chi connectivity index (χ1n) is 40.2. The molecule has 0 aromatic carbocycles. The van der Waals surface area contributed by atoms with E-state index < -0.39 is 97.5 Å². The fourth-order valence-corrected chi connectivity index (χ4v) is 13.0. The molecule has 2 unspecified atom stereocenters. The lowest BCUT2D eigenvalue weighted by Gasteiger charge is -2.21. The first kappa shape index (κ1) is 95.3. The molecular weight excluding hydrogens is 1280 g/mol. The van der Waals surface area contributed by atoms with Gasteiger partial charge in [-0.2, -0.15) is 0 Å². The summed E-state index contributed by atoms with van der Waals surface area (Å²) < 4.78 is 68.6. The molecule has 0 aliphatic rings. The number of hydrogen-bond donors (Lipinski definition) is 3. The predicted octanol–water partition coefficient (Wildman–Crippen LogP) is 23.1. The lowest BCUT2D eigenvalue weighted by molar-refractivity contribution is -0.161. The molecule has 0 bridgehead atoms. The Morgan fingerprint density at radius 2 is 0.469 bits per heavy atom. The van der Waals surface area contributed by atoms with Crippen molar-refractivity contribution in [1.29, 1.82) is 0 Å². The van der Waals surface area contributed by atoms with E-state index in [9.17, 15) is 43.2 Å². The van der Waals surface area contributed by atoms with Crippen LogP contribution in [0.25, 0.3) is 0 Å². The van der Waals surface area contributed by atoms with Crippen molar-refractivity contribution in [2.75, 3.05) is 39.6 Å². The summed E-state index contributed by atoms with van der Waals surface area (Å²) in [4.78, 5) is 72.9. The van der Waals surface area contributed by atoms with Gasteiger partial charge in [-0.3, -0.25) is 37.3 Å². The summed E-state index contributed by atoms with van der Waals surface area (Å²) in [5.74, 6) is -2.15. The van der Waals surface area contributed by atoms with E-state index in [0.717, 1.165) is 141 Å². The Morgan fingerprint density at radius 1 is 0.276 bits per heavy atom. The molecule has 0 spiro atoms. The number of rotatable bonds is 77. The Morgan fingerprint density at radius 3 is 0.714 bits per heavy atom. The SMILES string of the molecule is CCCCCC/C=C\CCCCCCCCCC(=O)OC[C@H](COP(=O)(O)OC[C@H](O)COP(=O)(O)OC[C@@H](COC(=O)CCCCCCC/C=C\CCCCCCCC)OC(=O)CCCCCCCCCCCCCCC)OC(=O)CCCCCCC/C=C\CCCCCCCC. The second-order valence-electron chi connectivity index (χ2n) is 27.4. The Balaban J connectivity index is 5.31. The van der Waals surface area contributed by atoms with Crippen LogP contribution in [0.3, 0.4) is 0 Å². The van der Waals surface area contributed by atoms with E-state index in [-0.39, 0.29) is 25.7 Å². The van der Waals surface area contributed by atoms with Crippen LogP contribution < -0.4 is 0 Å². The Hall–Kier alpha value is -2.72. The molecule has 0 amide bonds. The van der Waals surface area contributed by atoms with Crippen molar-refractivity contribution in [3.8, 4) is 0 Å². The molecule has 0 radical (unpaired) electrons. The number of phosphoric ester groups is 2. The highest BCUT2D eigenvalue weighted by Crippen LogP contribution is 2.45. The maximum atomic E-state index is 13.1. The van der Waals surface area contributed by atoms with Gasteiger partial charge in [-0.15, -0.1) is 0 Å². The number of esters is 4. The number of unbranched alkanes of at least 4 members (excludes halogenated alkanes) is 45. The minimum Gasteiger partial charge on any atom is -0.462 e. The van der Waals surface area contributed by atoms with E-state index in [1.165, 1.54) is 167 Å². The van der Waals surface area contributed by atoms with Crippen LogP contribution in [0, 0.1) is 0 Å². The third-order valence-electron chi connectivity index (χ3n) is 17.6. The molecule has 0 aliphatic heterocycles. The van der Waals surface area contributed by atoms with Gasteiger partial charge in [-0.25, -0.2) is 9.13 Å². The van der Waals surface area contributed by atoms with Gasteiger partial charge in [0.25, 0.3) is 0 Å². The monoisotopic (exact) mass is 1430 g/mol. The van der Waals surface area contributed by atoms with Crippen LogP contribution in [0.4, 0.5) is 0 Å². The number of phosphoric acid groups is 2. The molecule has 0 aromatic rings. The molecule has 98 heavy (non-hydrogen) atoms. The molecule has 0 heterocycles. The Bertz CT molecular complexity index is 2000. The van der Waals surface area contributed by atoms with Gasteiger partial charge in [-0.1, -0.05) is 295 Å². The van der Waals surface area contributed by atoms with Gasteiger partial charge in [0.15, 0.2) is 12.2 Å². The van der Waals surface area contributed by atoms with Gasteiger partial charge in [-0.05, 0) is 103 Å². The van der Waals surface area contributed by atoms with E-state index in [0.29, 0.717) is 25.7 Å². The van der Waals surface area contributed by atoms with E-state index >= 15 is 0 Å². The van der Waals surface area contributed by atoms with Crippen molar-refractivity contribution in [2.45, 2.75) is 406 Å². The summed E-state index contributed by atoms with van der Waals surface area (Å²) in [5, 5.41) is 10.6. The normalized spacial score (nSPS) is 14.1. The van der Waals surface area contributed by atoms with Crippen LogP contribution in [-0.4, -0.2) is 96.7 Å². The number of hydrogen-bond acceptors (Lipinski definition) is 15. The average Bonchev–Trinajstić information content (AvgIpc) is 1.04. The zero-order valence-corrected chi connectivity index (χ0v) is 64.8. The summed E-state index contributed by atoms with van der Waals surface area (Å²) >= 11 is 0. The summed E-state index contributed by atoms with van der Waals surface area (Å²) in [5.41, 5.74) is 0. The molecule has 17 nitrogen and oxygen atoms in total. The van der Waals surface area contributed by atoms with Crippen molar-refractivity contribution < 1.29 is 80.2 Å². The van der Waals surface area contributed by atoms with E-state index in [4.69, 9.17) is 37.0 Å². The second-order valence-corrected chi connectivity index (χ2v) is 30.3. The molecule has 0 saturated carbocycles. The molecule has 0 saturated heterocycles. The smallest absolute Gasteiger partial charge is 0.462 e. The predicted molar refractivity (Wildman–Crippen MR) is 400 cm³/mol. The summed E-state index contributed by atoms with van der Waals surface area (Å²) in [6.45, 7) is 4.92. The minimum atomic E-state index is -4.97. The van der Waals surface area contributed by atoms with Crippen molar-refractivity contribution in [2.24, 2.45) is 0 Å². The number of ether oxygens (including phenoxy) is 4. The Kier molecular flexibility index (Phi) is 70.6.